The maximum atomic E-state index is 12.3. The Morgan fingerprint density at radius 1 is 0.941 bits per heavy atom. The third-order valence-corrected chi connectivity index (χ3v) is 4.33. The van der Waals surface area contributed by atoms with Crippen LogP contribution in [-0.2, 0) is 24.4 Å². The minimum atomic E-state index is -4.42. The Morgan fingerprint density at radius 2 is 1.62 bits per heavy atom. The van der Waals surface area contributed by atoms with E-state index < -0.39 is 50.0 Å². The van der Waals surface area contributed by atoms with Gasteiger partial charge in [0, 0.05) is 18.8 Å². The standard InChI is InChI=1S/C18H18F6N8O2/c19-17(20,21)3-1-14(33)25-7-11-2-5-31-10-12(29-16(31)28-11)8-26-15(34)13-9-27-32(30-13)6-4-18(22,23)24/h2,5,9-10H,1,3-4,6-8H2,(H,25,33)(H,26,34). The molecule has 0 aliphatic rings. The summed E-state index contributed by atoms with van der Waals surface area (Å²) >= 11 is 0. The monoisotopic (exact) mass is 492 g/mol. The summed E-state index contributed by atoms with van der Waals surface area (Å²) < 4.78 is 74.8. The van der Waals surface area contributed by atoms with Gasteiger partial charge in [-0.2, -0.15) is 36.2 Å². The third kappa shape index (κ3) is 7.70. The van der Waals surface area contributed by atoms with Crippen molar-refractivity contribution in [3.8, 4) is 0 Å². The lowest BCUT2D eigenvalue weighted by Crippen LogP contribution is -2.25. The first-order valence-electron chi connectivity index (χ1n) is 9.80. The van der Waals surface area contributed by atoms with E-state index >= 15 is 0 Å². The molecule has 2 N–H and O–H groups in total. The molecule has 16 heteroatoms. The van der Waals surface area contributed by atoms with Gasteiger partial charge in [0.05, 0.1) is 50.1 Å². The molecule has 3 rings (SSSR count). The smallest absolute Gasteiger partial charge is 0.350 e. The van der Waals surface area contributed by atoms with Crippen molar-refractivity contribution < 1.29 is 35.9 Å². The van der Waals surface area contributed by atoms with Gasteiger partial charge >= 0.3 is 12.4 Å². The number of nitrogens with zero attached hydrogens (tertiary/aromatic N) is 6. The SMILES string of the molecule is O=C(CCC(F)(F)F)NCc1ccn2cc(CNC(=O)c3cnn(CCC(F)(F)F)n3)nc2n1. The van der Waals surface area contributed by atoms with E-state index in [2.05, 4.69) is 30.8 Å². The van der Waals surface area contributed by atoms with E-state index in [1.54, 1.807) is 18.5 Å². The van der Waals surface area contributed by atoms with Gasteiger partial charge in [0.1, 0.15) is 0 Å². The van der Waals surface area contributed by atoms with Crippen LogP contribution in [0.3, 0.4) is 0 Å². The van der Waals surface area contributed by atoms with Crippen molar-refractivity contribution in [2.24, 2.45) is 0 Å². The number of hydrogen-bond acceptors (Lipinski definition) is 6. The van der Waals surface area contributed by atoms with E-state index in [9.17, 15) is 35.9 Å². The lowest BCUT2D eigenvalue weighted by atomic mass is 10.3. The van der Waals surface area contributed by atoms with Gasteiger partial charge in [0.2, 0.25) is 11.7 Å². The van der Waals surface area contributed by atoms with Crippen molar-refractivity contribution in [3.05, 3.63) is 41.7 Å². The highest BCUT2D eigenvalue weighted by molar-refractivity contribution is 5.91. The largest absolute Gasteiger partial charge is 0.390 e. The first kappa shape index (κ1) is 24.9. The molecule has 0 saturated carbocycles. The molecular formula is C18H18F6N8O2. The molecule has 3 heterocycles. The highest BCUT2D eigenvalue weighted by Gasteiger charge is 2.28. The lowest BCUT2D eigenvalue weighted by Gasteiger charge is -2.07. The molecule has 3 aromatic heterocycles. The van der Waals surface area contributed by atoms with Crippen LogP contribution in [0.25, 0.3) is 5.78 Å². The number of aromatic nitrogens is 6. The molecule has 0 unspecified atom stereocenters. The molecule has 0 bridgehead atoms. The summed E-state index contributed by atoms with van der Waals surface area (Å²) in [6, 6.07) is 1.54. The van der Waals surface area contributed by atoms with Crippen LogP contribution in [0, 0.1) is 0 Å². The van der Waals surface area contributed by atoms with Gasteiger partial charge in [-0.15, -0.1) is 5.10 Å². The summed E-state index contributed by atoms with van der Waals surface area (Å²) in [7, 11) is 0. The van der Waals surface area contributed by atoms with Crippen molar-refractivity contribution in [2.75, 3.05) is 0 Å². The van der Waals surface area contributed by atoms with E-state index in [0.717, 1.165) is 11.0 Å². The summed E-state index contributed by atoms with van der Waals surface area (Å²) in [4.78, 5) is 32.8. The van der Waals surface area contributed by atoms with Crippen molar-refractivity contribution in [1.82, 2.24) is 40.0 Å². The summed E-state index contributed by atoms with van der Waals surface area (Å²) in [6.07, 6.45) is -7.63. The van der Waals surface area contributed by atoms with Crippen LogP contribution < -0.4 is 10.6 Å². The Kier molecular flexibility index (Phi) is 7.36. The Labute approximate surface area is 187 Å². The van der Waals surface area contributed by atoms with Crippen LogP contribution in [0.5, 0.6) is 0 Å². The summed E-state index contributed by atoms with van der Waals surface area (Å²) in [5.41, 5.74) is 0.605. The molecule has 3 aromatic rings. The maximum Gasteiger partial charge on any atom is 0.390 e. The number of amides is 2. The molecule has 0 aliphatic carbocycles. The van der Waals surface area contributed by atoms with Crippen LogP contribution in [0.2, 0.25) is 0 Å². The van der Waals surface area contributed by atoms with Crippen LogP contribution in [0.15, 0.2) is 24.7 Å². The number of hydrogen-bond donors (Lipinski definition) is 2. The molecule has 0 aromatic carbocycles. The first-order chi connectivity index (χ1) is 15.9. The van der Waals surface area contributed by atoms with Gasteiger partial charge in [-0.3, -0.25) is 14.0 Å². The van der Waals surface area contributed by atoms with Gasteiger partial charge in [0.15, 0.2) is 5.69 Å². The molecular weight excluding hydrogens is 474 g/mol. The average molecular weight is 492 g/mol. The van der Waals surface area contributed by atoms with Crippen LogP contribution in [-0.4, -0.2) is 53.5 Å². The fourth-order valence-electron chi connectivity index (χ4n) is 2.67. The molecule has 0 fully saturated rings. The Morgan fingerprint density at radius 3 is 2.32 bits per heavy atom. The second kappa shape index (κ2) is 10.0. The second-order valence-electron chi connectivity index (χ2n) is 7.12. The predicted octanol–water partition coefficient (Wildman–Crippen LogP) is 2.16. The lowest BCUT2D eigenvalue weighted by molar-refractivity contribution is -0.144. The number of carbonyl (C=O) groups excluding carboxylic acids is 2. The van der Waals surface area contributed by atoms with Gasteiger partial charge in [-0.1, -0.05) is 0 Å². The fraction of sp³-hybridized carbons (Fsp3) is 0.444. The van der Waals surface area contributed by atoms with Crippen molar-refractivity contribution >= 4 is 17.6 Å². The topological polar surface area (TPSA) is 119 Å². The molecule has 10 nitrogen and oxygen atoms in total. The number of carbonyl (C=O) groups is 2. The second-order valence-corrected chi connectivity index (χ2v) is 7.12. The number of nitrogens with one attached hydrogen (secondary N) is 2. The van der Waals surface area contributed by atoms with E-state index in [-0.39, 0.29) is 24.6 Å². The van der Waals surface area contributed by atoms with Crippen molar-refractivity contribution in [2.45, 2.75) is 51.2 Å². The number of halogens is 6. The number of fused-ring (bicyclic) bond motifs is 1. The predicted molar refractivity (Wildman–Crippen MR) is 102 cm³/mol. The molecule has 0 radical (unpaired) electrons. The highest BCUT2D eigenvalue weighted by Crippen LogP contribution is 2.21. The van der Waals surface area contributed by atoms with E-state index in [1.165, 1.54) is 4.40 Å². The number of aryl methyl sites for hydroxylation is 1. The minimum Gasteiger partial charge on any atom is -0.350 e. The molecule has 184 valence electrons. The zero-order valence-electron chi connectivity index (χ0n) is 17.3. The molecule has 34 heavy (non-hydrogen) atoms. The van der Waals surface area contributed by atoms with E-state index in [4.69, 9.17) is 0 Å². The molecule has 0 saturated heterocycles. The Hall–Kier alpha value is -3.72. The molecule has 0 aliphatic heterocycles. The average Bonchev–Trinajstić information content (AvgIpc) is 3.38. The molecule has 0 spiro atoms. The Bertz CT molecular complexity index is 1150. The Balaban J connectivity index is 1.51. The zero-order chi connectivity index (χ0) is 24.9. The maximum absolute atomic E-state index is 12.3. The number of imidazole rings is 1. The van der Waals surface area contributed by atoms with Crippen molar-refractivity contribution in [1.29, 1.82) is 0 Å². The van der Waals surface area contributed by atoms with Gasteiger partial charge < -0.3 is 10.6 Å². The molecule has 2 amide bonds. The van der Waals surface area contributed by atoms with Crippen LogP contribution in [0.4, 0.5) is 26.3 Å². The van der Waals surface area contributed by atoms with Crippen LogP contribution >= 0.6 is 0 Å². The first-order valence-corrected chi connectivity index (χ1v) is 9.80. The normalized spacial score (nSPS) is 12.2. The third-order valence-electron chi connectivity index (χ3n) is 4.33. The summed E-state index contributed by atoms with van der Waals surface area (Å²) in [5, 5.41) is 12.2. The zero-order valence-corrected chi connectivity index (χ0v) is 17.3. The summed E-state index contributed by atoms with van der Waals surface area (Å²) in [6.45, 7) is -0.642. The van der Waals surface area contributed by atoms with E-state index in [1.807, 2.05) is 0 Å². The van der Waals surface area contributed by atoms with Gasteiger partial charge in [-0.05, 0) is 6.07 Å². The van der Waals surface area contributed by atoms with Crippen LogP contribution in [0.1, 0.15) is 41.1 Å². The quantitative estimate of drug-likeness (QED) is 0.442. The van der Waals surface area contributed by atoms with E-state index in [0.29, 0.717) is 11.4 Å². The number of alkyl halides is 6. The van der Waals surface area contributed by atoms with Gasteiger partial charge in [0.25, 0.3) is 5.91 Å². The van der Waals surface area contributed by atoms with Crippen molar-refractivity contribution in [3.63, 3.8) is 0 Å². The highest BCUT2D eigenvalue weighted by atomic mass is 19.4. The van der Waals surface area contributed by atoms with Gasteiger partial charge in [-0.25, -0.2) is 9.97 Å². The summed E-state index contributed by atoms with van der Waals surface area (Å²) in [5.74, 6) is -1.20. The minimum absolute atomic E-state index is 0.0406. The molecule has 0 atom stereocenters. The number of rotatable bonds is 9. The fourth-order valence-corrected chi connectivity index (χ4v) is 2.67.